The van der Waals surface area contributed by atoms with E-state index in [-0.39, 0.29) is 52.0 Å². The molecule has 3 aromatic rings. The van der Waals surface area contributed by atoms with Crippen LogP contribution in [0.25, 0.3) is 0 Å². The standard InChI is InChI=1S/C39H52N3O11P/c1-42(35(36(43)44)31-34-21-9-4-10-22-34)37(40)41-54(47,52-29-13-11-25-48-38(45)50-27-15-23-32-17-5-2-6-18-32)53-30-14-12-26-49-39(46)51-28-16-24-33-19-7-3-8-20-33/h2-10,17-22,35H,11-16,23-31H2,1H3,(H,43,44)(H2,40,41,47). The van der Waals surface area contributed by atoms with Crippen molar-refractivity contribution in [2.45, 2.75) is 63.8 Å². The van der Waals surface area contributed by atoms with E-state index in [1.165, 1.54) is 11.9 Å². The van der Waals surface area contributed by atoms with E-state index in [1.807, 2.05) is 66.7 Å². The molecule has 1 atom stereocenters. The first-order valence-corrected chi connectivity index (χ1v) is 19.6. The van der Waals surface area contributed by atoms with Gasteiger partial charge in [-0.25, -0.2) is 18.9 Å². The topological polar surface area (TPSA) is 186 Å². The number of unbranched alkanes of at least 4 members (excludes halogenated alkanes) is 2. The van der Waals surface area contributed by atoms with Crippen LogP contribution < -0.4 is 5.73 Å². The molecule has 54 heavy (non-hydrogen) atoms. The highest BCUT2D eigenvalue weighted by Gasteiger charge is 2.30. The second-order valence-electron chi connectivity index (χ2n) is 12.2. The number of hydrogen-bond acceptors (Lipinski definition) is 10. The fourth-order valence-electron chi connectivity index (χ4n) is 4.99. The second-order valence-corrected chi connectivity index (χ2v) is 13.9. The van der Waals surface area contributed by atoms with Gasteiger partial charge in [-0.15, -0.1) is 4.76 Å². The minimum Gasteiger partial charge on any atom is -0.480 e. The van der Waals surface area contributed by atoms with Gasteiger partial charge in [0.05, 0.1) is 39.6 Å². The van der Waals surface area contributed by atoms with Crippen LogP contribution in [0, 0.1) is 0 Å². The Morgan fingerprint density at radius 1 is 0.630 bits per heavy atom. The Labute approximate surface area is 317 Å². The zero-order chi connectivity index (χ0) is 38.9. The zero-order valence-corrected chi connectivity index (χ0v) is 31.7. The monoisotopic (exact) mass is 769 g/mol. The summed E-state index contributed by atoms with van der Waals surface area (Å²) in [6.45, 7) is 0.387. The van der Waals surface area contributed by atoms with Crippen LogP contribution in [0.4, 0.5) is 9.59 Å². The van der Waals surface area contributed by atoms with Gasteiger partial charge in [-0.2, -0.15) is 0 Å². The maximum absolute atomic E-state index is 13.8. The molecule has 15 heteroatoms. The largest absolute Gasteiger partial charge is 0.508 e. The number of carbonyl (C=O) groups is 3. The quantitative estimate of drug-likeness (QED) is 0.0290. The van der Waals surface area contributed by atoms with Crippen molar-refractivity contribution >= 4 is 32.0 Å². The highest BCUT2D eigenvalue weighted by molar-refractivity contribution is 7.52. The van der Waals surface area contributed by atoms with Crippen molar-refractivity contribution < 1.29 is 52.1 Å². The number of ether oxygens (including phenoxy) is 4. The first kappa shape index (κ1) is 43.5. The van der Waals surface area contributed by atoms with E-state index in [9.17, 15) is 24.1 Å². The van der Waals surface area contributed by atoms with Crippen molar-refractivity contribution in [3.05, 3.63) is 108 Å². The van der Waals surface area contributed by atoms with E-state index in [0.717, 1.165) is 29.5 Å². The van der Waals surface area contributed by atoms with Crippen LogP contribution in [-0.2, 0) is 56.6 Å². The summed E-state index contributed by atoms with van der Waals surface area (Å²) in [5.41, 5.74) is 9.23. The summed E-state index contributed by atoms with van der Waals surface area (Å²) in [5.74, 6) is -1.50. The van der Waals surface area contributed by atoms with E-state index in [0.29, 0.717) is 38.5 Å². The first-order valence-electron chi connectivity index (χ1n) is 18.1. The van der Waals surface area contributed by atoms with Gasteiger partial charge in [0.15, 0.2) is 0 Å². The van der Waals surface area contributed by atoms with Crippen molar-refractivity contribution in [1.29, 1.82) is 0 Å². The van der Waals surface area contributed by atoms with Crippen molar-refractivity contribution in [1.82, 2.24) is 4.90 Å². The number of benzene rings is 3. The summed E-state index contributed by atoms with van der Waals surface area (Å²) >= 11 is 0. The summed E-state index contributed by atoms with van der Waals surface area (Å²) < 4.78 is 49.4. The molecule has 0 spiro atoms. The molecule has 0 aliphatic heterocycles. The Kier molecular flexibility index (Phi) is 20.3. The SMILES string of the molecule is CN(C(N)=NP(=O)(OCCCCOC(=O)OCCCc1ccccc1)OCCCCOC(=O)OCCCc1ccccc1)C(Cc1ccccc1)C(=O)O. The number of nitrogens with zero attached hydrogens (tertiary/aromatic N) is 2. The normalized spacial score (nSPS) is 12.1. The van der Waals surface area contributed by atoms with Crippen molar-refractivity contribution in [2.75, 3.05) is 46.7 Å². The molecule has 0 fully saturated rings. The number of aryl methyl sites for hydroxylation is 2. The third-order valence-corrected chi connectivity index (χ3v) is 9.45. The fourth-order valence-corrected chi connectivity index (χ4v) is 6.29. The number of carboxylic acids is 1. The number of carboxylic acid groups (broad SMARTS) is 1. The van der Waals surface area contributed by atoms with Gasteiger partial charge in [0, 0.05) is 13.5 Å². The Hall–Kier alpha value is -4.91. The smallest absolute Gasteiger partial charge is 0.480 e. The predicted octanol–water partition coefficient (Wildman–Crippen LogP) is 7.20. The number of likely N-dealkylation sites (N-methyl/N-ethyl adjacent to an activating group) is 1. The van der Waals surface area contributed by atoms with Crippen molar-refractivity contribution in [3.8, 4) is 0 Å². The Morgan fingerprint density at radius 2 is 1.00 bits per heavy atom. The summed E-state index contributed by atoms with van der Waals surface area (Å²) in [4.78, 5) is 37.2. The predicted molar refractivity (Wildman–Crippen MR) is 203 cm³/mol. The number of rotatable bonds is 25. The molecule has 3 rings (SSSR count). The summed E-state index contributed by atoms with van der Waals surface area (Å²) in [6, 6.07) is 27.6. The minimum absolute atomic E-state index is 0.0510. The summed E-state index contributed by atoms with van der Waals surface area (Å²) in [6.07, 6.45) is 2.83. The molecule has 1 unspecified atom stereocenters. The Balaban J connectivity index is 1.43. The minimum atomic E-state index is -4.24. The first-order chi connectivity index (χ1) is 26.1. The molecular weight excluding hydrogens is 717 g/mol. The van der Waals surface area contributed by atoms with Crippen LogP contribution in [0.2, 0.25) is 0 Å². The molecule has 0 saturated carbocycles. The number of hydrogen-bond donors (Lipinski definition) is 2. The molecule has 3 N–H and O–H groups in total. The van der Waals surface area contributed by atoms with Crippen molar-refractivity contribution in [2.24, 2.45) is 10.5 Å². The molecule has 0 heterocycles. The average Bonchev–Trinajstić information content (AvgIpc) is 3.17. The van der Waals surface area contributed by atoms with Crippen LogP contribution in [-0.4, -0.2) is 87.0 Å². The number of nitrogens with two attached hydrogens (primary N) is 1. The van der Waals surface area contributed by atoms with Gasteiger partial charge < -0.3 is 34.7 Å². The molecule has 3 aromatic carbocycles. The molecule has 0 bridgehead atoms. The van der Waals surface area contributed by atoms with Crippen LogP contribution in [0.15, 0.2) is 95.8 Å². The highest BCUT2D eigenvalue weighted by atomic mass is 31.2. The highest BCUT2D eigenvalue weighted by Crippen LogP contribution is 2.50. The Bertz CT molecular complexity index is 1520. The molecule has 0 saturated heterocycles. The van der Waals surface area contributed by atoms with E-state index < -0.39 is 32.1 Å². The molecule has 14 nitrogen and oxygen atoms in total. The number of aliphatic carboxylic acids is 1. The van der Waals surface area contributed by atoms with Gasteiger partial charge in [-0.05, 0) is 68.1 Å². The van der Waals surface area contributed by atoms with Gasteiger partial charge >= 0.3 is 26.0 Å². The third-order valence-electron chi connectivity index (χ3n) is 7.98. The van der Waals surface area contributed by atoms with Crippen LogP contribution in [0.3, 0.4) is 0 Å². The molecule has 0 amide bonds. The lowest BCUT2D eigenvalue weighted by Gasteiger charge is -2.26. The molecular formula is C39H52N3O11P. The van der Waals surface area contributed by atoms with E-state index in [1.54, 1.807) is 24.3 Å². The molecule has 294 valence electrons. The summed E-state index contributed by atoms with van der Waals surface area (Å²) in [5, 5.41) is 9.92. The third kappa shape index (κ3) is 18.2. The van der Waals surface area contributed by atoms with Gasteiger partial charge in [-0.3, -0.25) is 9.05 Å². The second kappa shape index (κ2) is 25.2. The maximum Gasteiger partial charge on any atom is 0.508 e. The van der Waals surface area contributed by atoms with Gasteiger partial charge in [0.2, 0.25) is 5.96 Å². The number of guanidine groups is 1. The van der Waals surface area contributed by atoms with Gasteiger partial charge in [-0.1, -0.05) is 91.0 Å². The van der Waals surface area contributed by atoms with Crippen LogP contribution in [0.5, 0.6) is 0 Å². The van der Waals surface area contributed by atoms with E-state index in [2.05, 4.69) is 4.76 Å². The fraction of sp³-hybridized carbons (Fsp3) is 0.436. The van der Waals surface area contributed by atoms with E-state index in [4.69, 9.17) is 33.7 Å². The summed E-state index contributed by atoms with van der Waals surface area (Å²) in [7, 11) is -2.81. The lowest BCUT2D eigenvalue weighted by molar-refractivity contribution is -0.141. The lowest BCUT2D eigenvalue weighted by atomic mass is 10.1. The lowest BCUT2D eigenvalue weighted by Crippen LogP contribution is -2.47. The van der Waals surface area contributed by atoms with E-state index >= 15 is 0 Å². The maximum atomic E-state index is 13.8. The number of carbonyl (C=O) groups excluding carboxylic acids is 2. The molecule has 0 aliphatic rings. The van der Waals surface area contributed by atoms with Gasteiger partial charge in [0.25, 0.3) is 0 Å². The van der Waals surface area contributed by atoms with Crippen LogP contribution >= 0.6 is 7.75 Å². The average molecular weight is 770 g/mol. The molecule has 0 aromatic heterocycles. The van der Waals surface area contributed by atoms with Gasteiger partial charge in [0.1, 0.15) is 6.04 Å². The Morgan fingerprint density at radius 3 is 1.41 bits per heavy atom. The van der Waals surface area contributed by atoms with Crippen molar-refractivity contribution in [3.63, 3.8) is 0 Å². The molecule has 0 radical (unpaired) electrons. The zero-order valence-electron chi connectivity index (χ0n) is 30.8. The van der Waals surface area contributed by atoms with Crippen LogP contribution in [0.1, 0.15) is 55.2 Å². The molecule has 0 aliphatic carbocycles.